The first-order chi connectivity index (χ1) is 13.9. The van der Waals surface area contributed by atoms with Crippen LogP contribution >= 0.6 is 0 Å². The summed E-state index contributed by atoms with van der Waals surface area (Å²) in [6.07, 6.45) is 7.34. The van der Waals surface area contributed by atoms with E-state index < -0.39 is 10.0 Å². The molecule has 8 nitrogen and oxygen atoms in total. The van der Waals surface area contributed by atoms with Gasteiger partial charge in [0.2, 0.25) is 10.0 Å². The van der Waals surface area contributed by atoms with Crippen LogP contribution in [0.25, 0.3) is 0 Å². The first-order valence-corrected chi connectivity index (χ1v) is 12.5. The summed E-state index contributed by atoms with van der Waals surface area (Å²) in [5, 5.41) is 6.99. The monoisotopic (exact) mass is 422 g/mol. The third-order valence-corrected chi connectivity index (χ3v) is 9.18. The number of aromatic nitrogens is 1. The van der Waals surface area contributed by atoms with Gasteiger partial charge in [0.25, 0.3) is 5.91 Å². The van der Waals surface area contributed by atoms with Crippen LogP contribution < -0.4 is 5.32 Å². The van der Waals surface area contributed by atoms with Crippen LogP contribution in [0.5, 0.6) is 0 Å². The summed E-state index contributed by atoms with van der Waals surface area (Å²) in [6, 6.07) is 1.86. The molecule has 1 aromatic rings. The molecule has 29 heavy (non-hydrogen) atoms. The van der Waals surface area contributed by atoms with Gasteiger partial charge in [0, 0.05) is 36.2 Å². The van der Waals surface area contributed by atoms with E-state index in [0.717, 1.165) is 50.8 Å². The number of amides is 1. The molecule has 160 valence electrons. The maximum Gasteiger partial charge on any atom is 0.273 e. The molecule has 0 spiro atoms. The van der Waals surface area contributed by atoms with E-state index in [0.29, 0.717) is 24.5 Å². The molecule has 1 saturated carbocycles. The summed E-state index contributed by atoms with van der Waals surface area (Å²) in [7, 11) is -1.27. The van der Waals surface area contributed by atoms with Gasteiger partial charge in [-0.3, -0.25) is 4.79 Å². The molecule has 1 aromatic heterocycles. The van der Waals surface area contributed by atoms with Gasteiger partial charge >= 0.3 is 0 Å². The lowest BCUT2D eigenvalue weighted by Gasteiger charge is -2.38. The Morgan fingerprint density at radius 1 is 1.21 bits per heavy atom. The molecule has 4 atom stereocenters. The number of hydrogen-bond donors (Lipinski definition) is 1. The van der Waals surface area contributed by atoms with Gasteiger partial charge in [0.05, 0.1) is 5.75 Å². The quantitative estimate of drug-likeness (QED) is 0.750. The van der Waals surface area contributed by atoms with E-state index in [2.05, 4.69) is 15.4 Å². The van der Waals surface area contributed by atoms with E-state index >= 15 is 0 Å². The second kappa shape index (κ2) is 7.35. The largest absolute Gasteiger partial charge is 0.360 e. The molecule has 4 aliphatic rings. The Morgan fingerprint density at radius 2 is 1.93 bits per heavy atom. The Labute approximate surface area is 172 Å². The lowest BCUT2D eigenvalue weighted by molar-refractivity contribution is 0.0900. The number of sulfonamides is 1. The number of carbonyl (C=O) groups excluding carboxylic acids is 1. The molecular formula is C20H30N4O4S. The Hall–Kier alpha value is -1.45. The highest BCUT2D eigenvalue weighted by atomic mass is 32.2. The van der Waals surface area contributed by atoms with Crippen LogP contribution in [0, 0.1) is 0 Å². The van der Waals surface area contributed by atoms with Crippen molar-refractivity contribution in [2.45, 2.75) is 81.5 Å². The minimum Gasteiger partial charge on any atom is -0.360 e. The Morgan fingerprint density at radius 3 is 2.55 bits per heavy atom. The fraction of sp³-hybridized carbons (Fsp3) is 0.800. The van der Waals surface area contributed by atoms with Gasteiger partial charge in [-0.1, -0.05) is 5.16 Å². The second-order valence-corrected chi connectivity index (χ2v) is 11.2. The standard InChI is InChI=1S/C20H30N4O4S/c1-23-8-2-3-17(23)12-29(26,27)24-15-6-7-16(24)10-14(9-15)21-20(25)18-11-19(28-22-18)13-4-5-13/h11,13-17H,2-10,12H2,1H3,(H,21,25)/t14?,15-,16+,17-/m0/s1. The third kappa shape index (κ3) is 3.84. The molecule has 2 bridgehead atoms. The Kier molecular flexibility index (Phi) is 4.95. The molecule has 4 fully saturated rings. The first kappa shape index (κ1) is 19.5. The summed E-state index contributed by atoms with van der Waals surface area (Å²) < 4.78 is 33.4. The van der Waals surface area contributed by atoms with Crippen LogP contribution in [0.1, 0.15) is 73.5 Å². The molecule has 1 unspecified atom stereocenters. The minimum atomic E-state index is -3.29. The molecule has 4 heterocycles. The van der Waals surface area contributed by atoms with Crippen LogP contribution in [0.3, 0.4) is 0 Å². The molecule has 1 N–H and O–H groups in total. The van der Waals surface area contributed by atoms with E-state index in [1.54, 1.807) is 10.4 Å². The normalized spacial score (nSPS) is 33.3. The lowest BCUT2D eigenvalue weighted by atomic mass is 9.99. The summed E-state index contributed by atoms with van der Waals surface area (Å²) in [4.78, 5) is 14.7. The van der Waals surface area contributed by atoms with Crippen molar-refractivity contribution in [1.29, 1.82) is 0 Å². The SMILES string of the molecule is CN1CCC[C@H]1CS(=O)(=O)N1[C@@H]2CC[C@H]1CC(NC(=O)c1cc(C3CC3)on1)C2. The first-order valence-electron chi connectivity index (χ1n) is 10.9. The summed E-state index contributed by atoms with van der Waals surface area (Å²) in [6.45, 7) is 0.978. The predicted molar refractivity (Wildman–Crippen MR) is 107 cm³/mol. The molecule has 1 amide bonds. The van der Waals surface area contributed by atoms with Crippen molar-refractivity contribution in [3.8, 4) is 0 Å². The third-order valence-electron chi connectivity index (χ3n) is 7.14. The zero-order valence-electron chi connectivity index (χ0n) is 16.9. The number of nitrogens with one attached hydrogen (secondary N) is 1. The van der Waals surface area contributed by atoms with Crippen LogP contribution in [-0.4, -0.2) is 72.2 Å². The van der Waals surface area contributed by atoms with Crippen LogP contribution in [0.2, 0.25) is 0 Å². The van der Waals surface area contributed by atoms with Crippen molar-refractivity contribution in [1.82, 2.24) is 19.7 Å². The Balaban J connectivity index is 1.22. The van der Waals surface area contributed by atoms with Crippen molar-refractivity contribution in [2.24, 2.45) is 0 Å². The van der Waals surface area contributed by atoms with Gasteiger partial charge in [-0.15, -0.1) is 0 Å². The van der Waals surface area contributed by atoms with Crippen molar-refractivity contribution < 1.29 is 17.7 Å². The van der Waals surface area contributed by atoms with Crippen molar-refractivity contribution in [2.75, 3.05) is 19.3 Å². The molecule has 0 aromatic carbocycles. The van der Waals surface area contributed by atoms with Crippen LogP contribution in [-0.2, 0) is 10.0 Å². The van der Waals surface area contributed by atoms with Gasteiger partial charge < -0.3 is 14.7 Å². The number of fused-ring (bicyclic) bond motifs is 2. The van der Waals surface area contributed by atoms with Crippen molar-refractivity contribution in [3.63, 3.8) is 0 Å². The number of carbonyl (C=O) groups is 1. The minimum absolute atomic E-state index is 0.00454. The van der Waals surface area contributed by atoms with Crippen LogP contribution in [0.15, 0.2) is 10.6 Å². The van der Waals surface area contributed by atoms with Gasteiger partial charge in [-0.2, -0.15) is 4.31 Å². The predicted octanol–water partition coefficient (Wildman–Crippen LogP) is 1.70. The number of nitrogens with zero attached hydrogens (tertiary/aromatic N) is 3. The zero-order valence-corrected chi connectivity index (χ0v) is 17.7. The van der Waals surface area contributed by atoms with Crippen molar-refractivity contribution in [3.05, 3.63) is 17.5 Å². The average Bonchev–Trinajstić information content (AvgIpc) is 3.14. The number of piperidine rings is 1. The highest BCUT2D eigenvalue weighted by Crippen LogP contribution is 2.41. The highest BCUT2D eigenvalue weighted by molar-refractivity contribution is 7.89. The fourth-order valence-corrected chi connectivity index (χ4v) is 7.81. The molecular weight excluding hydrogens is 392 g/mol. The summed E-state index contributed by atoms with van der Waals surface area (Å²) in [5.41, 5.74) is 0.332. The fourth-order valence-electron chi connectivity index (χ4n) is 5.44. The maximum atomic E-state index is 13.2. The zero-order chi connectivity index (χ0) is 20.2. The Bertz CT molecular complexity index is 867. The molecule has 3 saturated heterocycles. The number of likely N-dealkylation sites (tertiary alicyclic amines) is 1. The lowest BCUT2D eigenvalue weighted by Crippen LogP contribution is -2.54. The highest BCUT2D eigenvalue weighted by Gasteiger charge is 2.47. The topological polar surface area (TPSA) is 95.8 Å². The second-order valence-electron chi connectivity index (χ2n) is 9.30. The van der Waals surface area contributed by atoms with Gasteiger partial charge in [0.1, 0.15) is 5.76 Å². The van der Waals surface area contributed by atoms with Crippen molar-refractivity contribution >= 4 is 15.9 Å². The molecule has 9 heteroatoms. The van der Waals surface area contributed by atoms with E-state index in [9.17, 15) is 13.2 Å². The van der Waals surface area contributed by atoms with Gasteiger partial charge in [-0.05, 0) is 65.0 Å². The smallest absolute Gasteiger partial charge is 0.273 e. The van der Waals surface area contributed by atoms with E-state index in [1.807, 2.05) is 7.05 Å². The number of rotatable bonds is 6. The summed E-state index contributed by atoms with van der Waals surface area (Å²) in [5.74, 6) is 1.23. The van der Waals surface area contributed by atoms with E-state index in [-0.39, 0.29) is 35.8 Å². The molecule has 1 aliphatic carbocycles. The summed E-state index contributed by atoms with van der Waals surface area (Å²) >= 11 is 0. The maximum absolute atomic E-state index is 13.2. The van der Waals surface area contributed by atoms with Gasteiger partial charge in [-0.25, -0.2) is 8.42 Å². The van der Waals surface area contributed by atoms with E-state index in [1.165, 1.54) is 0 Å². The molecule has 5 rings (SSSR count). The van der Waals surface area contributed by atoms with Gasteiger partial charge in [0.15, 0.2) is 5.69 Å². The van der Waals surface area contributed by atoms with Crippen LogP contribution in [0.4, 0.5) is 0 Å². The molecule has 3 aliphatic heterocycles. The average molecular weight is 423 g/mol. The molecule has 0 radical (unpaired) electrons. The number of hydrogen-bond acceptors (Lipinski definition) is 6. The van der Waals surface area contributed by atoms with E-state index in [4.69, 9.17) is 4.52 Å².